The highest BCUT2D eigenvalue weighted by atomic mass is 79.9. The number of aromatic nitrogens is 3. The number of pyridine rings is 3. The number of nitrogens with zero attached hydrogens (tertiary/aromatic N) is 4. The standard InChI is InChI=1S/C24H26BrN5O4.2ClH/c25-18-12-27-19-1-2-21(31)30-17(14-34-23(18)22(19)30)13-29-5-3-16(4-6-29)26-10-15-9-20-24(28-11-15)33-8-7-32-20;;/h1-2,9,11-12,16-17,26H,3-8,10,13-14H2;2*1H/t17-;;/m1../s1. The maximum atomic E-state index is 12.8. The third-order valence-corrected chi connectivity index (χ3v) is 7.31. The molecule has 9 nitrogen and oxygen atoms in total. The Hall–Kier alpha value is -2.11. The van der Waals surface area contributed by atoms with Crippen molar-refractivity contribution in [3.05, 3.63) is 51.0 Å². The van der Waals surface area contributed by atoms with Gasteiger partial charge >= 0.3 is 0 Å². The smallest absolute Gasteiger partial charge is 0.257 e. The quantitative estimate of drug-likeness (QED) is 0.477. The number of ether oxygens (including phenoxy) is 3. The van der Waals surface area contributed by atoms with Crippen LogP contribution in [0.5, 0.6) is 17.4 Å². The number of rotatable bonds is 5. The summed E-state index contributed by atoms with van der Waals surface area (Å²) in [6.45, 7) is 5.07. The molecule has 12 heteroatoms. The molecule has 1 N–H and O–H groups in total. The predicted molar refractivity (Wildman–Crippen MR) is 144 cm³/mol. The number of fused-ring (bicyclic) bond motifs is 1. The Labute approximate surface area is 229 Å². The Morgan fingerprint density at radius 1 is 1.06 bits per heavy atom. The molecule has 0 aliphatic carbocycles. The molecule has 36 heavy (non-hydrogen) atoms. The van der Waals surface area contributed by atoms with Gasteiger partial charge in [0.2, 0.25) is 0 Å². The first-order valence-electron chi connectivity index (χ1n) is 11.7. The molecular weight excluding hydrogens is 573 g/mol. The summed E-state index contributed by atoms with van der Waals surface area (Å²) >= 11 is 3.51. The molecule has 1 fully saturated rings. The highest BCUT2D eigenvalue weighted by molar-refractivity contribution is 9.10. The summed E-state index contributed by atoms with van der Waals surface area (Å²) in [6, 6.07) is 5.79. The zero-order valence-electron chi connectivity index (χ0n) is 19.5. The first kappa shape index (κ1) is 26.9. The zero-order chi connectivity index (χ0) is 23.1. The fraction of sp³-hybridized carbons (Fsp3) is 0.458. The molecule has 3 aromatic heterocycles. The molecule has 0 aromatic carbocycles. The highest BCUT2D eigenvalue weighted by Crippen LogP contribution is 2.36. The summed E-state index contributed by atoms with van der Waals surface area (Å²) in [5.41, 5.74) is 2.64. The molecule has 194 valence electrons. The lowest BCUT2D eigenvalue weighted by molar-refractivity contribution is 0.139. The Morgan fingerprint density at radius 2 is 1.86 bits per heavy atom. The van der Waals surface area contributed by atoms with Gasteiger partial charge in [-0.3, -0.25) is 14.3 Å². The topological polar surface area (TPSA) is 90.7 Å². The van der Waals surface area contributed by atoms with Crippen LogP contribution >= 0.6 is 40.7 Å². The first-order chi connectivity index (χ1) is 16.7. The second-order valence-corrected chi connectivity index (χ2v) is 9.83. The van der Waals surface area contributed by atoms with Gasteiger partial charge in [-0.2, -0.15) is 0 Å². The van der Waals surface area contributed by atoms with Gasteiger partial charge in [-0.15, -0.1) is 24.8 Å². The van der Waals surface area contributed by atoms with Gasteiger partial charge < -0.3 is 24.4 Å². The normalized spacial score (nSPS) is 19.2. The fourth-order valence-electron chi connectivity index (χ4n) is 5.01. The van der Waals surface area contributed by atoms with Crippen LogP contribution in [0.15, 0.2) is 39.9 Å². The average molecular weight is 601 g/mol. The Kier molecular flexibility index (Phi) is 8.62. The van der Waals surface area contributed by atoms with Gasteiger partial charge in [-0.1, -0.05) is 0 Å². The minimum atomic E-state index is -0.0342. The molecule has 0 unspecified atom stereocenters. The molecule has 6 rings (SSSR count). The number of hydrogen-bond donors (Lipinski definition) is 1. The van der Waals surface area contributed by atoms with Crippen molar-refractivity contribution in [3.8, 4) is 17.4 Å². The molecule has 0 spiro atoms. The van der Waals surface area contributed by atoms with Crippen molar-refractivity contribution in [1.29, 1.82) is 0 Å². The Balaban J connectivity index is 0.00000152. The SMILES string of the molecule is Cl.Cl.O=c1ccc2ncc(Br)c3c2n1[C@H](CN1CCC(NCc2cnc4c(c2)OCCO4)CC1)CO3. The largest absolute Gasteiger partial charge is 0.488 e. The molecule has 0 amide bonds. The van der Waals surface area contributed by atoms with Gasteiger partial charge in [0.05, 0.1) is 16.0 Å². The van der Waals surface area contributed by atoms with Crippen molar-refractivity contribution >= 4 is 51.8 Å². The summed E-state index contributed by atoms with van der Waals surface area (Å²) in [7, 11) is 0. The van der Waals surface area contributed by atoms with E-state index in [1.807, 2.05) is 16.8 Å². The molecule has 1 saturated heterocycles. The first-order valence-corrected chi connectivity index (χ1v) is 12.5. The van der Waals surface area contributed by atoms with E-state index in [9.17, 15) is 4.79 Å². The molecule has 6 heterocycles. The molecule has 3 aromatic rings. The number of nitrogens with one attached hydrogen (secondary N) is 1. The summed E-state index contributed by atoms with van der Waals surface area (Å²) in [4.78, 5) is 24.0. The number of hydrogen-bond acceptors (Lipinski definition) is 8. The number of likely N-dealkylation sites (tertiary alicyclic amines) is 1. The van der Waals surface area contributed by atoms with Crippen molar-refractivity contribution in [2.24, 2.45) is 0 Å². The van der Waals surface area contributed by atoms with Crippen LogP contribution in [0.4, 0.5) is 0 Å². The summed E-state index contributed by atoms with van der Waals surface area (Å²) in [6.07, 6.45) is 5.68. The van der Waals surface area contributed by atoms with Crippen molar-refractivity contribution < 1.29 is 14.2 Å². The summed E-state index contributed by atoms with van der Waals surface area (Å²) < 4.78 is 19.9. The summed E-state index contributed by atoms with van der Waals surface area (Å²) in [5, 5.41) is 3.66. The summed E-state index contributed by atoms with van der Waals surface area (Å²) in [5.74, 6) is 2.01. The predicted octanol–water partition coefficient (Wildman–Crippen LogP) is 3.36. The lowest BCUT2D eigenvalue weighted by atomic mass is 10.0. The van der Waals surface area contributed by atoms with E-state index in [1.165, 1.54) is 0 Å². The lowest BCUT2D eigenvalue weighted by Crippen LogP contribution is -2.46. The third kappa shape index (κ3) is 5.28. The van der Waals surface area contributed by atoms with Crippen LogP contribution in [0.1, 0.15) is 24.4 Å². The monoisotopic (exact) mass is 599 g/mol. The zero-order valence-corrected chi connectivity index (χ0v) is 22.7. The van der Waals surface area contributed by atoms with E-state index in [0.29, 0.717) is 37.5 Å². The van der Waals surface area contributed by atoms with Crippen LogP contribution in [-0.4, -0.2) is 64.9 Å². The van der Waals surface area contributed by atoms with Gasteiger partial charge in [0.15, 0.2) is 11.5 Å². The van der Waals surface area contributed by atoms with Crippen molar-refractivity contribution in [2.75, 3.05) is 39.5 Å². The van der Waals surface area contributed by atoms with Gasteiger partial charge in [-0.05, 0) is 59.6 Å². The third-order valence-electron chi connectivity index (χ3n) is 6.74. The molecule has 3 aliphatic heterocycles. The number of piperidine rings is 1. The van der Waals surface area contributed by atoms with Crippen molar-refractivity contribution in [2.45, 2.75) is 31.5 Å². The second-order valence-electron chi connectivity index (χ2n) is 8.98. The van der Waals surface area contributed by atoms with E-state index in [2.05, 4.69) is 36.1 Å². The minimum absolute atomic E-state index is 0. The second kappa shape index (κ2) is 11.5. The van der Waals surface area contributed by atoms with Crippen LogP contribution in [-0.2, 0) is 6.54 Å². The molecule has 0 radical (unpaired) electrons. The van der Waals surface area contributed by atoms with Crippen LogP contribution < -0.4 is 25.1 Å². The fourth-order valence-corrected chi connectivity index (χ4v) is 5.41. The Bertz CT molecular complexity index is 1290. The molecule has 0 saturated carbocycles. The Morgan fingerprint density at radius 3 is 2.69 bits per heavy atom. The van der Waals surface area contributed by atoms with Crippen LogP contribution in [0.2, 0.25) is 0 Å². The van der Waals surface area contributed by atoms with E-state index in [0.717, 1.165) is 65.8 Å². The highest BCUT2D eigenvalue weighted by Gasteiger charge is 2.29. The van der Waals surface area contributed by atoms with Crippen LogP contribution in [0.25, 0.3) is 11.0 Å². The van der Waals surface area contributed by atoms with Gasteiger partial charge in [0.25, 0.3) is 11.4 Å². The molecule has 0 bridgehead atoms. The number of halogens is 3. The van der Waals surface area contributed by atoms with Gasteiger partial charge in [0, 0.05) is 37.6 Å². The van der Waals surface area contributed by atoms with Crippen LogP contribution in [0.3, 0.4) is 0 Å². The van der Waals surface area contributed by atoms with Crippen molar-refractivity contribution in [1.82, 2.24) is 24.8 Å². The van der Waals surface area contributed by atoms with Crippen molar-refractivity contribution in [3.63, 3.8) is 0 Å². The van der Waals surface area contributed by atoms with Crippen LogP contribution in [0, 0.1) is 0 Å². The van der Waals surface area contributed by atoms with Gasteiger partial charge in [-0.25, -0.2) is 4.98 Å². The average Bonchev–Trinajstić information content (AvgIpc) is 2.87. The maximum Gasteiger partial charge on any atom is 0.257 e. The van der Waals surface area contributed by atoms with Gasteiger partial charge in [0.1, 0.15) is 25.3 Å². The minimum Gasteiger partial charge on any atom is -0.488 e. The van der Waals surface area contributed by atoms with E-state index >= 15 is 0 Å². The molecule has 3 aliphatic rings. The molecular formula is C24H28BrCl2N5O4. The molecule has 1 atom stereocenters. The van der Waals surface area contributed by atoms with E-state index in [4.69, 9.17) is 14.2 Å². The van der Waals surface area contributed by atoms with E-state index in [-0.39, 0.29) is 36.4 Å². The lowest BCUT2D eigenvalue weighted by Gasteiger charge is -2.36. The maximum absolute atomic E-state index is 12.8. The van der Waals surface area contributed by atoms with E-state index < -0.39 is 0 Å². The van der Waals surface area contributed by atoms with E-state index in [1.54, 1.807) is 18.3 Å².